The highest BCUT2D eigenvalue weighted by Gasteiger charge is 2.46. The lowest BCUT2D eigenvalue weighted by Crippen LogP contribution is -2.42. The molecule has 1 N–H and O–H groups in total. The molecule has 0 saturated carbocycles. The minimum atomic E-state index is 0.462. The van der Waals surface area contributed by atoms with Gasteiger partial charge < -0.3 is 10.1 Å². The molecular weight excluding hydrogens is 265 g/mol. The minimum Gasteiger partial charge on any atom is -0.377 e. The first kappa shape index (κ1) is 9.21. The van der Waals surface area contributed by atoms with Gasteiger partial charge in [-0.2, -0.15) is 0 Å². The summed E-state index contributed by atoms with van der Waals surface area (Å²) in [6, 6.07) is 0. The monoisotopic (exact) mass is 281 g/mol. The van der Waals surface area contributed by atoms with E-state index in [4.69, 9.17) is 4.74 Å². The molecule has 2 nitrogen and oxygen atoms in total. The molecule has 2 aliphatic rings. The number of alkyl halides is 1. The average Bonchev–Trinajstić information content (AvgIpc) is 2.37. The second-order valence-corrected chi connectivity index (χ2v) is 5.37. The van der Waals surface area contributed by atoms with Crippen molar-refractivity contribution in [2.45, 2.75) is 29.8 Å². The summed E-state index contributed by atoms with van der Waals surface area (Å²) in [5.41, 5.74) is 0.505. The number of piperidine rings is 1. The third-order valence-corrected chi connectivity index (χ3v) is 5.56. The smallest absolute Gasteiger partial charge is 0.0671 e. The van der Waals surface area contributed by atoms with Crippen molar-refractivity contribution in [2.75, 3.05) is 19.7 Å². The molecule has 0 radical (unpaired) electrons. The molecule has 0 amide bonds. The maximum Gasteiger partial charge on any atom is 0.0671 e. The van der Waals surface area contributed by atoms with Gasteiger partial charge in [-0.05, 0) is 32.9 Å². The van der Waals surface area contributed by atoms with E-state index in [2.05, 4.69) is 34.8 Å². The van der Waals surface area contributed by atoms with Crippen LogP contribution in [0, 0.1) is 5.41 Å². The van der Waals surface area contributed by atoms with E-state index in [0.29, 0.717) is 11.5 Å². The maximum absolute atomic E-state index is 5.72. The predicted molar refractivity (Wildman–Crippen MR) is 57.8 cm³/mol. The van der Waals surface area contributed by atoms with Crippen molar-refractivity contribution in [3.63, 3.8) is 0 Å². The van der Waals surface area contributed by atoms with Gasteiger partial charge in [0.15, 0.2) is 0 Å². The van der Waals surface area contributed by atoms with Crippen LogP contribution in [-0.2, 0) is 4.74 Å². The number of ether oxygens (including phenoxy) is 1. The highest BCUT2D eigenvalue weighted by Crippen LogP contribution is 2.44. The van der Waals surface area contributed by atoms with Gasteiger partial charge in [-0.1, -0.05) is 22.6 Å². The Morgan fingerprint density at radius 2 is 2.08 bits per heavy atom. The SMILES string of the molecule is CC1OCC2(CCNCC2)C1I. The van der Waals surface area contributed by atoms with E-state index in [1.54, 1.807) is 0 Å². The van der Waals surface area contributed by atoms with Crippen molar-refractivity contribution < 1.29 is 4.74 Å². The molecule has 0 aromatic rings. The van der Waals surface area contributed by atoms with Crippen molar-refractivity contribution in [3.8, 4) is 0 Å². The van der Waals surface area contributed by atoms with E-state index in [-0.39, 0.29) is 0 Å². The van der Waals surface area contributed by atoms with Gasteiger partial charge in [0, 0.05) is 9.34 Å². The Morgan fingerprint density at radius 3 is 2.58 bits per heavy atom. The van der Waals surface area contributed by atoms with E-state index in [1.165, 1.54) is 25.9 Å². The van der Waals surface area contributed by atoms with Crippen molar-refractivity contribution in [1.82, 2.24) is 5.32 Å². The maximum atomic E-state index is 5.72. The average molecular weight is 281 g/mol. The fourth-order valence-electron chi connectivity index (χ4n) is 2.30. The summed E-state index contributed by atoms with van der Waals surface area (Å²) in [4.78, 5) is 0. The summed E-state index contributed by atoms with van der Waals surface area (Å²) in [6.45, 7) is 5.54. The largest absolute Gasteiger partial charge is 0.377 e. The molecule has 2 aliphatic heterocycles. The summed E-state index contributed by atoms with van der Waals surface area (Å²) in [5, 5.41) is 3.41. The number of hydrogen-bond acceptors (Lipinski definition) is 2. The lowest BCUT2D eigenvalue weighted by atomic mass is 9.77. The Kier molecular flexibility index (Phi) is 2.63. The fraction of sp³-hybridized carbons (Fsp3) is 1.00. The highest BCUT2D eigenvalue weighted by molar-refractivity contribution is 14.1. The lowest BCUT2D eigenvalue weighted by molar-refractivity contribution is 0.0952. The number of halogens is 1. The molecule has 2 unspecified atom stereocenters. The van der Waals surface area contributed by atoms with Crippen LogP contribution in [0.1, 0.15) is 19.8 Å². The summed E-state index contributed by atoms with van der Waals surface area (Å²) in [7, 11) is 0. The van der Waals surface area contributed by atoms with E-state index >= 15 is 0 Å². The molecule has 2 heterocycles. The molecular formula is C9H16INO. The Hall–Kier alpha value is 0.650. The van der Waals surface area contributed by atoms with E-state index < -0.39 is 0 Å². The van der Waals surface area contributed by atoms with E-state index in [0.717, 1.165) is 10.5 Å². The van der Waals surface area contributed by atoms with Gasteiger partial charge in [0.25, 0.3) is 0 Å². The van der Waals surface area contributed by atoms with Gasteiger partial charge in [0.1, 0.15) is 0 Å². The Bertz CT molecular complexity index is 162. The second kappa shape index (κ2) is 3.42. The molecule has 0 bridgehead atoms. The Labute approximate surface area is 87.6 Å². The van der Waals surface area contributed by atoms with E-state index in [1.807, 2.05) is 0 Å². The molecule has 12 heavy (non-hydrogen) atoms. The van der Waals surface area contributed by atoms with Crippen LogP contribution in [0.25, 0.3) is 0 Å². The molecule has 0 aliphatic carbocycles. The van der Waals surface area contributed by atoms with Crippen LogP contribution in [0.4, 0.5) is 0 Å². The lowest BCUT2D eigenvalue weighted by Gasteiger charge is -2.35. The first-order chi connectivity index (χ1) is 5.75. The summed E-state index contributed by atoms with van der Waals surface area (Å²) < 4.78 is 6.44. The van der Waals surface area contributed by atoms with Crippen LogP contribution in [0.2, 0.25) is 0 Å². The zero-order chi connectivity index (χ0) is 8.60. The first-order valence-electron chi connectivity index (χ1n) is 4.71. The first-order valence-corrected chi connectivity index (χ1v) is 5.96. The van der Waals surface area contributed by atoms with Crippen LogP contribution in [0.5, 0.6) is 0 Å². The standard InChI is InChI=1S/C9H16INO/c1-7-8(10)9(6-12-7)2-4-11-5-3-9/h7-8,11H,2-6H2,1H3. The summed E-state index contributed by atoms with van der Waals surface area (Å²) in [5.74, 6) is 0. The quantitative estimate of drug-likeness (QED) is 0.537. The number of hydrogen-bond donors (Lipinski definition) is 1. The fourth-order valence-corrected chi connectivity index (χ4v) is 3.31. The summed E-state index contributed by atoms with van der Waals surface area (Å²) >= 11 is 2.58. The molecule has 70 valence electrons. The van der Waals surface area contributed by atoms with Crippen LogP contribution in [0.15, 0.2) is 0 Å². The Morgan fingerprint density at radius 1 is 1.42 bits per heavy atom. The van der Waals surface area contributed by atoms with Gasteiger partial charge in [-0.25, -0.2) is 0 Å². The zero-order valence-corrected chi connectivity index (χ0v) is 9.63. The molecule has 2 saturated heterocycles. The van der Waals surface area contributed by atoms with Crippen LogP contribution in [0.3, 0.4) is 0 Å². The van der Waals surface area contributed by atoms with Gasteiger partial charge in [-0.3, -0.25) is 0 Å². The van der Waals surface area contributed by atoms with Gasteiger partial charge in [-0.15, -0.1) is 0 Å². The van der Waals surface area contributed by atoms with Crippen LogP contribution >= 0.6 is 22.6 Å². The van der Waals surface area contributed by atoms with Gasteiger partial charge >= 0.3 is 0 Å². The third-order valence-electron chi connectivity index (χ3n) is 3.23. The zero-order valence-electron chi connectivity index (χ0n) is 7.48. The molecule has 0 aromatic carbocycles. The third kappa shape index (κ3) is 1.40. The van der Waals surface area contributed by atoms with Crippen LogP contribution in [-0.4, -0.2) is 29.7 Å². The van der Waals surface area contributed by atoms with Crippen molar-refractivity contribution in [2.24, 2.45) is 5.41 Å². The van der Waals surface area contributed by atoms with Gasteiger partial charge in [0.05, 0.1) is 12.7 Å². The Balaban J connectivity index is 2.09. The number of nitrogens with one attached hydrogen (secondary N) is 1. The highest BCUT2D eigenvalue weighted by atomic mass is 127. The van der Waals surface area contributed by atoms with Crippen LogP contribution < -0.4 is 5.32 Å². The molecule has 0 aromatic heterocycles. The van der Waals surface area contributed by atoms with Crippen molar-refractivity contribution >= 4 is 22.6 Å². The second-order valence-electron chi connectivity index (χ2n) is 4.03. The topological polar surface area (TPSA) is 21.3 Å². The number of rotatable bonds is 0. The normalized spacial score (nSPS) is 40.5. The minimum absolute atomic E-state index is 0.462. The molecule has 2 fully saturated rings. The molecule has 2 rings (SSSR count). The van der Waals surface area contributed by atoms with E-state index in [9.17, 15) is 0 Å². The van der Waals surface area contributed by atoms with Gasteiger partial charge in [0.2, 0.25) is 0 Å². The molecule has 3 heteroatoms. The van der Waals surface area contributed by atoms with Crippen molar-refractivity contribution in [3.05, 3.63) is 0 Å². The molecule has 2 atom stereocenters. The predicted octanol–water partition coefficient (Wildman–Crippen LogP) is 1.58. The summed E-state index contributed by atoms with van der Waals surface area (Å²) in [6.07, 6.45) is 3.05. The van der Waals surface area contributed by atoms with Crippen molar-refractivity contribution in [1.29, 1.82) is 0 Å². The molecule has 1 spiro atoms.